The van der Waals surface area contributed by atoms with Crippen LogP contribution in [0.3, 0.4) is 0 Å². The molecule has 0 fully saturated rings. The van der Waals surface area contributed by atoms with Gasteiger partial charge in [0.1, 0.15) is 0 Å². The molecule has 0 aliphatic rings. The van der Waals surface area contributed by atoms with Crippen LogP contribution in [-0.4, -0.2) is 9.97 Å². The lowest BCUT2D eigenvalue weighted by atomic mass is 10.5. The largest absolute Gasteiger partial charge is 0.362 e. The van der Waals surface area contributed by atoms with Gasteiger partial charge in [0.2, 0.25) is 0 Å². The summed E-state index contributed by atoms with van der Waals surface area (Å²) in [5, 5.41) is 0. The second-order valence-electron chi connectivity index (χ2n) is 2.15. The van der Waals surface area contributed by atoms with Crippen molar-refractivity contribution < 1.29 is 0 Å². The molecular weight excluding hydrogens is 167 g/mol. The Labute approximate surface area is 74.3 Å². The monoisotopic (exact) mass is 178 g/mol. The molecule has 12 heavy (non-hydrogen) atoms. The third-order valence-electron chi connectivity index (χ3n) is 1.19. The van der Waals surface area contributed by atoms with E-state index in [-0.39, 0.29) is 0 Å². The first kappa shape index (κ1) is 8.95. The molecule has 0 saturated heterocycles. The molecule has 0 bridgehead atoms. The average Bonchev–Trinajstić information content (AvgIpc) is 2.60. The summed E-state index contributed by atoms with van der Waals surface area (Å²) in [6, 6.07) is 9.67. The van der Waals surface area contributed by atoms with Gasteiger partial charge in [0.25, 0.3) is 0 Å². The van der Waals surface area contributed by atoms with Crippen molar-refractivity contribution in [1.29, 1.82) is 0 Å². The Morgan fingerprint density at radius 2 is 1.83 bits per heavy atom. The van der Waals surface area contributed by atoms with Crippen LogP contribution < -0.4 is 5.44 Å². The van der Waals surface area contributed by atoms with Crippen LogP contribution in [-0.2, 0) is 0 Å². The van der Waals surface area contributed by atoms with Crippen molar-refractivity contribution in [2.45, 2.75) is 0 Å². The van der Waals surface area contributed by atoms with Crippen LogP contribution in [0.4, 0.5) is 0 Å². The molecule has 1 N–H and O–H groups in total. The van der Waals surface area contributed by atoms with E-state index in [4.69, 9.17) is 0 Å². The van der Waals surface area contributed by atoms with Crippen molar-refractivity contribution in [2.24, 2.45) is 0 Å². The fourth-order valence-corrected chi connectivity index (χ4v) is 0.864. The van der Waals surface area contributed by atoms with Gasteiger partial charge in [0, 0.05) is 24.0 Å². The Kier molecular flexibility index (Phi) is 4.11. The van der Waals surface area contributed by atoms with Crippen molar-refractivity contribution >= 4 is 14.7 Å². The Morgan fingerprint density at radius 3 is 2.00 bits per heavy atom. The zero-order valence-corrected chi connectivity index (χ0v) is 7.80. The van der Waals surface area contributed by atoms with E-state index in [1.165, 1.54) is 0 Å². The zero-order valence-electron chi connectivity index (χ0n) is 6.64. The summed E-state index contributed by atoms with van der Waals surface area (Å²) in [7, 11) is 2.56. The van der Waals surface area contributed by atoms with Crippen LogP contribution in [0.1, 0.15) is 0 Å². The Balaban J connectivity index is 0.000000120. The first-order chi connectivity index (χ1) is 5.89. The fourth-order valence-electron chi connectivity index (χ4n) is 0.657. The molecule has 1 atom stereocenters. The van der Waals surface area contributed by atoms with Gasteiger partial charge in [-0.25, -0.2) is 0 Å². The predicted octanol–water partition coefficient (Wildman–Crippen LogP) is 1.60. The summed E-state index contributed by atoms with van der Waals surface area (Å²) in [5.74, 6) is 0. The summed E-state index contributed by atoms with van der Waals surface area (Å²) in [4.78, 5) is 6.75. The second kappa shape index (κ2) is 5.50. The van der Waals surface area contributed by atoms with E-state index in [1.54, 1.807) is 12.4 Å². The number of aromatic amines is 1. The molecule has 0 aliphatic heterocycles. The van der Waals surface area contributed by atoms with Crippen LogP contribution >= 0.6 is 9.24 Å². The lowest BCUT2D eigenvalue weighted by Crippen LogP contribution is -1.83. The van der Waals surface area contributed by atoms with Gasteiger partial charge in [-0.2, -0.15) is 0 Å². The van der Waals surface area contributed by atoms with Gasteiger partial charge in [-0.3, -0.25) is 4.98 Å². The van der Waals surface area contributed by atoms with Gasteiger partial charge in [0.05, 0.1) is 0 Å². The maximum absolute atomic E-state index is 3.78. The topological polar surface area (TPSA) is 28.7 Å². The normalized spacial score (nSPS) is 8.42. The van der Waals surface area contributed by atoms with Gasteiger partial charge in [-0.1, -0.05) is 15.3 Å². The number of aromatic nitrogens is 2. The molecule has 2 heterocycles. The highest BCUT2D eigenvalue weighted by atomic mass is 31.0. The van der Waals surface area contributed by atoms with E-state index in [0.29, 0.717) is 0 Å². The van der Waals surface area contributed by atoms with E-state index in [9.17, 15) is 0 Å². The van der Waals surface area contributed by atoms with E-state index in [1.807, 2.05) is 36.5 Å². The van der Waals surface area contributed by atoms with Crippen molar-refractivity contribution in [2.75, 3.05) is 0 Å². The number of pyridine rings is 1. The number of nitrogens with zero attached hydrogens (tertiary/aromatic N) is 1. The maximum atomic E-state index is 3.78. The predicted molar refractivity (Wildman–Crippen MR) is 54.4 cm³/mol. The molecule has 2 aromatic heterocycles. The second-order valence-corrected chi connectivity index (χ2v) is 2.77. The third kappa shape index (κ3) is 3.89. The molecule has 0 radical (unpaired) electrons. The SMILES string of the molecule is Pc1ccc[nH]1.c1ccncc1. The number of hydrogen-bond donors (Lipinski definition) is 1. The standard InChI is InChI=1S/C5H5N.C4H6NP/c1-2-4-6-5-3-1;6-4-2-1-3-5-4/h1-5H;1-3,5H,6H2. The van der Waals surface area contributed by atoms with Crippen molar-refractivity contribution in [1.82, 2.24) is 9.97 Å². The highest BCUT2D eigenvalue weighted by Crippen LogP contribution is 1.80. The number of rotatable bonds is 0. The average molecular weight is 178 g/mol. The quantitative estimate of drug-likeness (QED) is 0.610. The molecule has 0 amide bonds. The lowest BCUT2D eigenvalue weighted by molar-refractivity contribution is 1.33. The van der Waals surface area contributed by atoms with Crippen LogP contribution in [0.5, 0.6) is 0 Å². The minimum atomic E-state index is 1.13. The number of hydrogen-bond acceptors (Lipinski definition) is 1. The van der Waals surface area contributed by atoms with E-state index >= 15 is 0 Å². The van der Waals surface area contributed by atoms with Gasteiger partial charge < -0.3 is 4.98 Å². The first-order valence-electron chi connectivity index (χ1n) is 3.63. The van der Waals surface area contributed by atoms with Gasteiger partial charge in [0.15, 0.2) is 0 Å². The molecule has 0 aromatic carbocycles. The van der Waals surface area contributed by atoms with Crippen LogP contribution in [0.15, 0.2) is 48.9 Å². The lowest BCUT2D eigenvalue weighted by Gasteiger charge is -1.70. The molecule has 2 rings (SSSR count). The Hall–Kier alpha value is -1.14. The molecule has 2 aromatic rings. The molecule has 0 aliphatic carbocycles. The van der Waals surface area contributed by atoms with E-state index < -0.39 is 0 Å². The Morgan fingerprint density at radius 1 is 1.08 bits per heavy atom. The highest BCUT2D eigenvalue weighted by Gasteiger charge is 1.72. The Bertz CT molecular complexity index is 252. The molecule has 1 unspecified atom stereocenters. The smallest absolute Gasteiger partial charge is 0.0320 e. The van der Waals surface area contributed by atoms with Crippen molar-refractivity contribution in [3.05, 3.63) is 48.9 Å². The van der Waals surface area contributed by atoms with Gasteiger partial charge in [-0.15, -0.1) is 0 Å². The number of nitrogens with one attached hydrogen (secondary N) is 1. The summed E-state index contributed by atoms with van der Waals surface area (Å²) in [6.45, 7) is 0. The van der Waals surface area contributed by atoms with Crippen molar-refractivity contribution in [3.8, 4) is 0 Å². The highest BCUT2D eigenvalue weighted by molar-refractivity contribution is 7.26. The summed E-state index contributed by atoms with van der Waals surface area (Å²) >= 11 is 0. The minimum absolute atomic E-state index is 1.13. The first-order valence-corrected chi connectivity index (χ1v) is 4.21. The molecule has 62 valence electrons. The molecule has 2 nitrogen and oxygen atoms in total. The molecular formula is C9H11N2P. The van der Waals surface area contributed by atoms with Crippen LogP contribution in [0.2, 0.25) is 0 Å². The van der Waals surface area contributed by atoms with Crippen molar-refractivity contribution in [3.63, 3.8) is 0 Å². The van der Waals surface area contributed by atoms with Crippen LogP contribution in [0.25, 0.3) is 0 Å². The van der Waals surface area contributed by atoms with Gasteiger partial charge in [-0.05, 0) is 24.3 Å². The van der Waals surface area contributed by atoms with Crippen LogP contribution in [0, 0.1) is 0 Å². The van der Waals surface area contributed by atoms with E-state index in [2.05, 4.69) is 19.2 Å². The summed E-state index contributed by atoms with van der Waals surface area (Å²) in [5.41, 5.74) is 1.13. The summed E-state index contributed by atoms with van der Waals surface area (Å²) < 4.78 is 0. The third-order valence-corrected chi connectivity index (χ3v) is 1.55. The summed E-state index contributed by atoms with van der Waals surface area (Å²) in [6.07, 6.45) is 5.39. The number of H-pyrrole nitrogens is 1. The fraction of sp³-hybridized carbons (Fsp3) is 0. The van der Waals surface area contributed by atoms with Gasteiger partial charge >= 0.3 is 0 Å². The molecule has 3 heteroatoms. The molecule has 0 saturated carbocycles. The van der Waals surface area contributed by atoms with E-state index in [0.717, 1.165) is 5.44 Å². The zero-order chi connectivity index (χ0) is 8.65. The molecule has 0 spiro atoms. The maximum Gasteiger partial charge on any atom is 0.0320 e. The minimum Gasteiger partial charge on any atom is -0.362 e.